The number of aldehydes is 1. The Morgan fingerprint density at radius 2 is 2.06 bits per heavy atom. The molecule has 0 heterocycles. The topological polar surface area (TPSA) is 43.4 Å². The first kappa shape index (κ1) is 12.3. The van der Waals surface area contributed by atoms with Gasteiger partial charge in [0, 0.05) is 11.1 Å². The fraction of sp³-hybridized carbons (Fsp3) is 0.273. The van der Waals surface area contributed by atoms with Gasteiger partial charge in [-0.3, -0.25) is 9.59 Å². The number of alkyl halides is 2. The molecule has 0 fully saturated rings. The van der Waals surface area contributed by atoms with Gasteiger partial charge in [-0.25, -0.2) is 0 Å². The minimum atomic E-state index is -2.96. The molecule has 0 unspecified atom stereocenters. The highest BCUT2D eigenvalue weighted by atomic mass is 19.3. The van der Waals surface area contributed by atoms with E-state index in [0.717, 1.165) is 6.07 Å². The molecular formula is C11H10F2O3. The first-order valence-electron chi connectivity index (χ1n) is 4.51. The molecule has 3 nitrogen and oxygen atoms in total. The van der Waals surface area contributed by atoms with E-state index in [4.69, 9.17) is 0 Å². The first-order chi connectivity index (χ1) is 7.45. The Morgan fingerprint density at radius 3 is 2.50 bits per heavy atom. The molecule has 1 aromatic rings. The standard InChI is InChI=1S/C11H10F2O3/c1-6-3-8(5-14)9(7(2)15)4-10(6)16-11(12)13/h3-5,11H,1-2H3. The first-order valence-corrected chi connectivity index (χ1v) is 4.51. The van der Waals surface area contributed by atoms with Crippen LogP contribution in [-0.4, -0.2) is 18.7 Å². The van der Waals surface area contributed by atoms with Crippen LogP contribution in [0.1, 0.15) is 33.2 Å². The molecule has 1 rings (SSSR count). The zero-order valence-electron chi connectivity index (χ0n) is 8.79. The largest absolute Gasteiger partial charge is 0.435 e. The zero-order chi connectivity index (χ0) is 12.3. The van der Waals surface area contributed by atoms with E-state index in [1.54, 1.807) is 0 Å². The lowest BCUT2D eigenvalue weighted by Gasteiger charge is -2.10. The van der Waals surface area contributed by atoms with Crippen molar-refractivity contribution in [1.82, 2.24) is 0 Å². The lowest BCUT2D eigenvalue weighted by molar-refractivity contribution is -0.0503. The summed E-state index contributed by atoms with van der Waals surface area (Å²) in [6, 6.07) is 2.51. The zero-order valence-corrected chi connectivity index (χ0v) is 8.79. The quantitative estimate of drug-likeness (QED) is 0.587. The van der Waals surface area contributed by atoms with Crippen LogP contribution in [0.4, 0.5) is 8.78 Å². The number of hydrogen-bond acceptors (Lipinski definition) is 3. The van der Waals surface area contributed by atoms with Gasteiger partial charge in [0.05, 0.1) is 0 Å². The Labute approximate surface area is 91.0 Å². The summed E-state index contributed by atoms with van der Waals surface area (Å²) in [7, 11) is 0. The number of halogens is 2. The molecule has 0 N–H and O–H groups in total. The van der Waals surface area contributed by atoms with Gasteiger partial charge in [0.25, 0.3) is 0 Å². The van der Waals surface area contributed by atoms with Crippen molar-refractivity contribution in [3.05, 3.63) is 28.8 Å². The molecular weight excluding hydrogens is 218 g/mol. The summed E-state index contributed by atoms with van der Waals surface area (Å²) < 4.78 is 28.3. The van der Waals surface area contributed by atoms with Crippen molar-refractivity contribution in [3.63, 3.8) is 0 Å². The number of rotatable bonds is 4. The van der Waals surface area contributed by atoms with E-state index >= 15 is 0 Å². The molecule has 16 heavy (non-hydrogen) atoms. The van der Waals surface area contributed by atoms with Gasteiger partial charge < -0.3 is 4.74 Å². The van der Waals surface area contributed by atoms with Crippen LogP contribution in [-0.2, 0) is 0 Å². The van der Waals surface area contributed by atoms with Gasteiger partial charge >= 0.3 is 6.61 Å². The van der Waals surface area contributed by atoms with Crippen molar-refractivity contribution in [1.29, 1.82) is 0 Å². The average Bonchev–Trinajstić information content (AvgIpc) is 2.19. The van der Waals surface area contributed by atoms with Crippen molar-refractivity contribution in [2.24, 2.45) is 0 Å². The van der Waals surface area contributed by atoms with E-state index in [1.807, 2.05) is 0 Å². The molecule has 0 aliphatic rings. The maximum atomic E-state index is 12.0. The number of Topliss-reactive ketones (excluding diaryl/α,β-unsaturated/α-hetero) is 1. The van der Waals surface area contributed by atoms with E-state index in [9.17, 15) is 18.4 Å². The summed E-state index contributed by atoms with van der Waals surface area (Å²) >= 11 is 0. The number of carbonyl (C=O) groups excluding carboxylic acids is 2. The normalized spacial score (nSPS) is 10.3. The van der Waals surface area contributed by atoms with Crippen LogP contribution in [0.15, 0.2) is 12.1 Å². The van der Waals surface area contributed by atoms with Crippen LogP contribution in [0.5, 0.6) is 5.75 Å². The fourth-order valence-electron chi connectivity index (χ4n) is 1.34. The molecule has 0 saturated heterocycles. The van der Waals surface area contributed by atoms with Gasteiger partial charge in [-0.2, -0.15) is 8.78 Å². The van der Waals surface area contributed by atoms with E-state index < -0.39 is 6.61 Å². The summed E-state index contributed by atoms with van der Waals surface area (Å²) in [5, 5.41) is 0. The molecule has 0 aromatic heterocycles. The Balaban J connectivity index is 3.27. The van der Waals surface area contributed by atoms with E-state index in [0.29, 0.717) is 11.8 Å². The van der Waals surface area contributed by atoms with Crippen LogP contribution < -0.4 is 4.74 Å². The second-order valence-electron chi connectivity index (χ2n) is 3.26. The number of carbonyl (C=O) groups is 2. The highest BCUT2D eigenvalue weighted by Gasteiger charge is 2.14. The van der Waals surface area contributed by atoms with Gasteiger partial charge in [-0.15, -0.1) is 0 Å². The third-order valence-corrected chi connectivity index (χ3v) is 2.07. The lowest BCUT2D eigenvalue weighted by Crippen LogP contribution is -2.06. The molecule has 0 aliphatic carbocycles. The molecule has 0 aliphatic heterocycles. The monoisotopic (exact) mass is 228 g/mol. The van der Waals surface area contributed by atoms with E-state index in [1.165, 1.54) is 19.9 Å². The summed E-state index contributed by atoms with van der Waals surface area (Å²) in [6.07, 6.45) is 0.510. The molecule has 0 spiro atoms. The van der Waals surface area contributed by atoms with Crippen molar-refractivity contribution in [2.45, 2.75) is 20.5 Å². The Kier molecular flexibility index (Phi) is 3.71. The molecule has 0 atom stereocenters. The van der Waals surface area contributed by atoms with Crippen LogP contribution in [0, 0.1) is 6.92 Å². The van der Waals surface area contributed by atoms with E-state index in [2.05, 4.69) is 4.74 Å². The van der Waals surface area contributed by atoms with Crippen molar-refractivity contribution in [3.8, 4) is 5.75 Å². The second kappa shape index (κ2) is 4.83. The highest BCUT2D eigenvalue weighted by molar-refractivity contribution is 6.02. The summed E-state index contributed by atoms with van der Waals surface area (Å²) in [4.78, 5) is 21.8. The van der Waals surface area contributed by atoms with Crippen LogP contribution >= 0.6 is 0 Å². The minimum absolute atomic E-state index is 0.0799. The van der Waals surface area contributed by atoms with Crippen LogP contribution in [0.2, 0.25) is 0 Å². The van der Waals surface area contributed by atoms with Crippen molar-refractivity contribution in [2.75, 3.05) is 0 Å². The second-order valence-corrected chi connectivity index (χ2v) is 3.26. The molecule has 0 bridgehead atoms. The Bertz CT molecular complexity index is 427. The molecule has 86 valence electrons. The Hall–Kier alpha value is -1.78. The van der Waals surface area contributed by atoms with Gasteiger partial charge in [-0.05, 0) is 31.5 Å². The van der Waals surface area contributed by atoms with Gasteiger partial charge in [0.1, 0.15) is 5.75 Å². The van der Waals surface area contributed by atoms with Crippen LogP contribution in [0.25, 0.3) is 0 Å². The predicted octanol–water partition coefficient (Wildman–Crippen LogP) is 2.61. The molecule has 1 aromatic carbocycles. The fourth-order valence-corrected chi connectivity index (χ4v) is 1.34. The van der Waals surface area contributed by atoms with E-state index in [-0.39, 0.29) is 22.7 Å². The number of ketones is 1. The molecule has 0 saturated carbocycles. The Morgan fingerprint density at radius 1 is 1.44 bits per heavy atom. The maximum absolute atomic E-state index is 12.0. The number of benzene rings is 1. The summed E-state index contributed by atoms with van der Waals surface area (Å²) in [5.41, 5.74) is 0.635. The molecule has 0 amide bonds. The number of ether oxygens (including phenoxy) is 1. The lowest BCUT2D eigenvalue weighted by atomic mass is 10.0. The SMILES string of the molecule is CC(=O)c1cc(OC(F)F)c(C)cc1C=O. The highest BCUT2D eigenvalue weighted by Crippen LogP contribution is 2.24. The van der Waals surface area contributed by atoms with Crippen molar-refractivity contribution < 1.29 is 23.1 Å². The smallest absolute Gasteiger partial charge is 0.387 e. The third kappa shape index (κ3) is 2.62. The molecule has 0 radical (unpaired) electrons. The average molecular weight is 228 g/mol. The van der Waals surface area contributed by atoms with Crippen LogP contribution in [0.3, 0.4) is 0 Å². The van der Waals surface area contributed by atoms with Gasteiger partial charge in [0.2, 0.25) is 0 Å². The number of hydrogen-bond donors (Lipinski definition) is 0. The third-order valence-electron chi connectivity index (χ3n) is 2.07. The number of aryl methyl sites for hydroxylation is 1. The maximum Gasteiger partial charge on any atom is 0.387 e. The van der Waals surface area contributed by atoms with Gasteiger partial charge in [0.15, 0.2) is 12.1 Å². The minimum Gasteiger partial charge on any atom is -0.435 e. The summed E-state index contributed by atoms with van der Waals surface area (Å²) in [5.74, 6) is -0.466. The molecule has 5 heteroatoms. The predicted molar refractivity (Wildman–Crippen MR) is 53.2 cm³/mol. The summed E-state index contributed by atoms with van der Waals surface area (Å²) in [6.45, 7) is -0.182. The van der Waals surface area contributed by atoms with Gasteiger partial charge in [-0.1, -0.05) is 0 Å². The van der Waals surface area contributed by atoms with Crippen molar-refractivity contribution >= 4 is 12.1 Å².